The molecule has 4 aromatic rings. The highest BCUT2D eigenvalue weighted by molar-refractivity contribution is 7.90. The predicted molar refractivity (Wildman–Crippen MR) is 163 cm³/mol. The number of hydrogen-bond acceptors (Lipinski definition) is 5. The maximum absolute atomic E-state index is 13.0. The number of rotatable bonds is 10. The summed E-state index contributed by atoms with van der Waals surface area (Å²) in [7, 11) is -2.50. The Balaban J connectivity index is 1.37. The summed E-state index contributed by atoms with van der Waals surface area (Å²) in [5, 5.41) is 1.07. The third-order valence-corrected chi connectivity index (χ3v) is 9.69. The fourth-order valence-corrected chi connectivity index (χ4v) is 7.14. The van der Waals surface area contributed by atoms with Crippen LogP contribution in [-0.4, -0.2) is 50.3 Å². The minimum absolute atomic E-state index is 0.0159. The van der Waals surface area contributed by atoms with Gasteiger partial charge in [0.25, 0.3) is 15.9 Å². The number of carbonyl (C=O) groups excluding carboxylic acids is 2. The Labute approximate surface area is 247 Å². The molecule has 0 bridgehead atoms. The van der Waals surface area contributed by atoms with E-state index in [9.17, 15) is 18.0 Å². The van der Waals surface area contributed by atoms with Crippen LogP contribution in [0, 0.1) is 12.8 Å². The number of methoxy groups -OCH3 is 1. The van der Waals surface area contributed by atoms with Crippen molar-refractivity contribution in [3.05, 3.63) is 94.7 Å². The molecular formula is C33H37N3O5S. The van der Waals surface area contributed by atoms with Gasteiger partial charge in [-0.3, -0.25) is 9.59 Å². The zero-order chi connectivity index (χ0) is 30.0. The van der Waals surface area contributed by atoms with Gasteiger partial charge in [0.1, 0.15) is 5.75 Å². The standard InChI is InChI=1S/C33H37N3O5S/c1-5-15-36-16-14-25(33(36)38)17-23-10-13-29-27(18-23)28(20-34-29)22(3)26-12-11-24(19-30(26)41-4)32(37)35-42(39,40)31-9-7-6-8-21(31)2/h6-13,18-20,22,25,34H,5,14-17H2,1-4H3,(H,35,37). The molecule has 2 unspecified atom stereocenters. The average Bonchev–Trinajstić information content (AvgIpc) is 3.55. The number of hydrogen-bond donors (Lipinski definition) is 2. The Kier molecular flexibility index (Phi) is 8.41. The first-order valence-corrected chi connectivity index (χ1v) is 15.8. The van der Waals surface area contributed by atoms with Gasteiger partial charge in [0, 0.05) is 53.2 Å². The van der Waals surface area contributed by atoms with E-state index < -0.39 is 15.9 Å². The van der Waals surface area contributed by atoms with Crippen molar-refractivity contribution in [2.75, 3.05) is 20.2 Å². The van der Waals surface area contributed by atoms with E-state index in [0.717, 1.165) is 53.5 Å². The van der Waals surface area contributed by atoms with Crippen molar-refractivity contribution in [3.63, 3.8) is 0 Å². The van der Waals surface area contributed by atoms with Crippen molar-refractivity contribution >= 4 is 32.7 Å². The highest BCUT2D eigenvalue weighted by Crippen LogP contribution is 2.36. The summed E-state index contributed by atoms with van der Waals surface area (Å²) in [5.41, 5.74) is 4.79. The Bertz CT molecular complexity index is 1740. The van der Waals surface area contributed by atoms with Gasteiger partial charge in [-0.15, -0.1) is 0 Å². The molecule has 42 heavy (non-hydrogen) atoms. The molecule has 9 heteroatoms. The van der Waals surface area contributed by atoms with Crippen molar-refractivity contribution in [2.24, 2.45) is 5.92 Å². The monoisotopic (exact) mass is 587 g/mol. The number of fused-ring (bicyclic) bond motifs is 1. The summed E-state index contributed by atoms with van der Waals surface area (Å²) in [6.07, 6.45) is 4.55. The number of H-pyrrole nitrogens is 1. The first-order chi connectivity index (χ1) is 20.1. The zero-order valence-corrected chi connectivity index (χ0v) is 25.3. The van der Waals surface area contributed by atoms with Crippen molar-refractivity contribution in [1.82, 2.24) is 14.6 Å². The van der Waals surface area contributed by atoms with Crippen molar-refractivity contribution in [1.29, 1.82) is 0 Å². The Hall–Kier alpha value is -4.11. The third kappa shape index (κ3) is 5.79. The molecule has 2 atom stereocenters. The van der Waals surface area contributed by atoms with Gasteiger partial charge in [0.15, 0.2) is 0 Å². The lowest BCUT2D eigenvalue weighted by atomic mass is 9.90. The highest BCUT2D eigenvalue weighted by atomic mass is 32.2. The summed E-state index contributed by atoms with van der Waals surface area (Å²) < 4.78 is 33.6. The summed E-state index contributed by atoms with van der Waals surface area (Å²) in [5.74, 6) is -0.0692. The summed E-state index contributed by atoms with van der Waals surface area (Å²) in [4.78, 5) is 31.2. The molecule has 3 aromatic carbocycles. The fraction of sp³-hybridized carbons (Fsp3) is 0.333. The molecule has 0 spiro atoms. The second-order valence-corrected chi connectivity index (χ2v) is 12.7. The van der Waals surface area contributed by atoms with Gasteiger partial charge in [-0.25, -0.2) is 13.1 Å². The van der Waals surface area contributed by atoms with Crippen LogP contribution in [0.4, 0.5) is 0 Å². The number of aromatic amines is 1. The Morgan fingerprint density at radius 1 is 1.12 bits per heavy atom. The molecule has 1 aliphatic rings. The molecule has 1 aromatic heterocycles. The minimum Gasteiger partial charge on any atom is -0.496 e. The fourth-order valence-electron chi connectivity index (χ4n) is 5.92. The number of benzene rings is 3. The highest BCUT2D eigenvalue weighted by Gasteiger charge is 2.31. The Morgan fingerprint density at radius 3 is 2.64 bits per heavy atom. The van der Waals surface area contributed by atoms with E-state index in [2.05, 4.69) is 41.8 Å². The van der Waals surface area contributed by atoms with Crippen LogP contribution in [0.15, 0.2) is 71.8 Å². The van der Waals surface area contributed by atoms with Crippen LogP contribution in [-0.2, 0) is 21.2 Å². The number of likely N-dealkylation sites (tertiary alicyclic amines) is 1. The van der Waals surface area contributed by atoms with Gasteiger partial charge in [-0.1, -0.05) is 44.2 Å². The Morgan fingerprint density at radius 2 is 1.90 bits per heavy atom. The number of aromatic nitrogens is 1. The molecule has 8 nitrogen and oxygen atoms in total. The molecule has 1 fully saturated rings. The number of nitrogens with one attached hydrogen (secondary N) is 2. The number of sulfonamides is 1. The SMILES string of the molecule is CCCN1CCC(Cc2ccc3[nH]cc(C(C)c4ccc(C(=O)NS(=O)(=O)c5ccccc5C)cc4OC)c3c2)C1=O. The van der Waals surface area contributed by atoms with Crippen LogP contribution in [0.3, 0.4) is 0 Å². The van der Waals surface area contributed by atoms with Gasteiger partial charge in [-0.05, 0) is 73.2 Å². The number of nitrogens with zero attached hydrogens (tertiary/aromatic N) is 1. The van der Waals surface area contributed by atoms with Crippen molar-refractivity contribution in [3.8, 4) is 5.75 Å². The average molecular weight is 588 g/mol. The first-order valence-electron chi connectivity index (χ1n) is 14.3. The molecular weight excluding hydrogens is 550 g/mol. The van der Waals surface area contributed by atoms with Crippen LogP contribution in [0.5, 0.6) is 5.75 Å². The maximum atomic E-state index is 13.0. The number of carbonyl (C=O) groups is 2. The van der Waals surface area contributed by atoms with Crippen molar-refractivity contribution < 1.29 is 22.7 Å². The molecule has 1 saturated heterocycles. The van der Waals surface area contributed by atoms with E-state index in [1.165, 1.54) is 13.2 Å². The zero-order valence-electron chi connectivity index (χ0n) is 24.4. The number of ether oxygens (including phenoxy) is 1. The number of aryl methyl sites for hydroxylation is 1. The second kappa shape index (κ2) is 12.0. The van der Waals surface area contributed by atoms with Gasteiger partial charge < -0.3 is 14.6 Å². The van der Waals surface area contributed by atoms with E-state index in [0.29, 0.717) is 17.7 Å². The molecule has 0 radical (unpaired) electrons. The van der Waals surface area contributed by atoms with Crippen LogP contribution in [0.1, 0.15) is 65.2 Å². The molecule has 2 heterocycles. The van der Waals surface area contributed by atoms with E-state index in [1.807, 2.05) is 11.1 Å². The summed E-state index contributed by atoms with van der Waals surface area (Å²) in [6, 6.07) is 17.8. The van der Waals surface area contributed by atoms with Gasteiger partial charge >= 0.3 is 0 Å². The molecule has 1 aliphatic heterocycles. The van der Waals surface area contributed by atoms with E-state index in [-0.39, 0.29) is 28.2 Å². The number of amides is 2. The lowest BCUT2D eigenvalue weighted by Crippen LogP contribution is -2.31. The molecule has 2 N–H and O–H groups in total. The van der Waals surface area contributed by atoms with Crippen LogP contribution in [0.2, 0.25) is 0 Å². The van der Waals surface area contributed by atoms with E-state index in [1.54, 1.807) is 43.3 Å². The van der Waals surface area contributed by atoms with Gasteiger partial charge in [-0.2, -0.15) is 0 Å². The summed E-state index contributed by atoms with van der Waals surface area (Å²) in [6.45, 7) is 7.49. The lowest BCUT2D eigenvalue weighted by molar-refractivity contribution is -0.130. The second-order valence-electron chi connectivity index (χ2n) is 11.0. The molecule has 2 amide bonds. The summed E-state index contributed by atoms with van der Waals surface area (Å²) >= 11 is 0. The largest absolute Gasteiger partial charge is 0.496 e. The van der Waals surface area contributed by atoms with Crippen molar-refractivity contribution in [2.45, 2.75) is 50.8 Å². The molecule has 0 saturated carbocycles. The van der Waals surface area contributed by atoms with E-state index >= 15 is 0 Å². The predicted octanol–water partition coefficient (Wildman–Crippen LogP) is 5.56. The minimum atomic E-state index is -4.03. The lowest BCUT2D eigenvalue weighted by Gasteiger charge is -2.17. The molecule has 5 rings (SSSR count). The smallest absolute Gasteiger partial charge is 0.265 e. The van der Waals surface area contributed by atoms with Crippen LogP contribution < -0.4 is 9.46 Å². The van der Waals surface area contributed by atoms with E-state index in [4.69, 9.17) is 4.74 Å². The van der Waals surface area contributed by atoms with Crippen LogP contribution in [0.25, 0.3) is 10.9 Å². The third-order valence-electron chi connectivity index (χ3n) is 8.20. The van der Waals surface area contributed by atoms with Crippen LogP contribution >= 0.6 is 0 Å². The first kappa shape index (κ1) is 29.4. The maximum Gasteiger partial charge on any atom is 0.265 e. The normalized spacial score (nSPS) is 16.1. The topological polar surface area (TPSA) is 109 Å². The molecule has 0 aliphatic carbocycles. The van der Waals surface area contributed by atoms with Gasteiger partial charge in [0.2, 0.25) is 5.91 Å². The quantitative estimate of drug-likeness (QED) is 0.253. The van der Waals surface area contributed by atoms with Gasteiger partial charge in [0.05, 0.1) is 12.0 Å². The molecule has 220 valence electrons.